The second-order valence-corrected chi connectivity index (χ2v) is 7.68. The zero-order valence-electron chi connectivity index (χ0n) is 16.7. The van der Waals surface area contributed by atoms with Gasteiger partial charge in [-0.05, 0) is 70.3 Å². The van der Waals surface area contributed by atoms with Gasteiger partial charge in [-0.3, -0.25) is 0 Å². The Bertz CT molecular complexity index is 618. The summed E-state index contributed by atoms with van der Waals surface area (Å²) in [7, 11) is 0. The summed E-state index contributed by atoms with van der Waals surface area (Å²) in [4.78, 5) is 29.1. The predicted octanol–water partition coefficient (Wildman–Crippen LogP) is 2.86. The number of piperidine rings is 1. The molecule has 1 atom stereocenters. The van der Waals surface area contributed by atoms with Gasteiger partial charge in [-0.1, -0.05) is 18.2 Å². The van der Waals surface area contributed by atoms with E-state index in [1.165, 1.54) is 25.9 Å². The Morgan fingerprint density at radius 3 is 2.50 bits per heavy atom. The standard InChI is InChI=1S/C21H33N5O2/c27-20(24-18-9-2-1-3-10-18)23-17-19-11-4-5-16-26(19)21(28)22-12-8-15-25-13-6-7-14-25/h1-3,9-10,19H,4-8,11-17H2,(H,22,28)(H2,23,24,27). The second kappa shape index (κ2) is 10.9. The van der Waals surface area contributed by atoms with E-state index in [9.17, 15) is 9.59 Å². The number of para-hydroxylation sites is 1. The van der Waals surface area contributed by atoms with Gasteiger partial charge in [0, 0.05) is 25.3 Å². The number of anilines is 1. The van der Waals surface area contributed by atoms with Crippen LogP contribution in [0.15, 0.2) is 30.3 Å². The number of carbonyl (C=O) groups is 2. The third-order valence-corrected chi connectivity index (χ3v) is 5.54. The number of rotatable bonds is 7. The molecule has 0 saturated carbocycles. The van der Waals surface area contributed by atoms with Crippen LogP contribution in [0.2, 0.25) is 0 Å². The summed E-state index contributed by atoms with van der Waals surface area (Å²) in [6.07, 6.45) is 6.62. The highest BCUT2D eigenvalue weighted by Gasteiger charge is 2.26. The molecule has 4 amide bonds. The quantitative estimate of drug-likeness (QED) is 0.630. The Morgan fingerprint density at radius 1 is 0.964 bits per heavy atom. The van der Waals surface area contributed by atoms with Gasteiger partial charge in [0.15, 0.2) is 0 Å². The van der Waals surface area contributed by atoms with Gasteiger partial charge in [-0.25, -0.2) is 9.59 Å². The number of nitrogens with one attached hydrogen (secondary N) is 3. The van der Waals surface area contributed by atoms with Crippen LogP contribution in [-0.2, 0) is 0 Å². The molecule has 2 aliphatic rings. The minimum Gasteiger partial charge on any atom is -0.338 e. The Labute approximate surface area is 167 Å². The van der Waals surface area contributed by atoms with Crippen molar-refractivity contribution in [3.05, 3.63) is 30.3 Å². The first kappa shape index (κ1) is 20.5. The van der Waals surface area contributed by atoms with Crippen LogP contribution in [0.3, 0.4) is 0 Å². The maximum absolute atomic E-state index is 12.6. The van der Waals surface area contributed by atoms with E-state index in [4.69, 9.17) is 0 Å². The first-order chi connectivity index (χ1) is 13.7. The summed E-state index contributed by atoms with van der Waals surface area (Å²) >= 11 is 0. The van der Waals surface area contributed by atoms with Crippen LogP contribution in [-0.4, -0.2) is 67.2 Å². The van der Waals surface area contributed by atoms with Crippen molar-refractivity contribution in [3.8, 4) is 0 Å². The Kier molecular flexibility index (Phi) is 7.96. The zero-order chi connectivity index (χ0) is 19.6. The van der Waals surface area contributed by atoms with Crippen molar-refractivity contribution in [2.24, 2.45) is 0 Å². The smallest absolute Gasteiger partial charge is 0.319 e. The first-order valence-electron chi connectivity index (χ1n) is 10.6. The fourth-order valence-corrected chi connectivity index (χ4v) is 3.99. The van der Waals surface area contributed by atoms with Crippen LogP contribution < -0.4 is 16.0 Å². The predicted molar refractivity (Wildman–Crippen MR) is 111 cm³/mol. The molecule has 1 aromatic rings. The van der Waals surface area contributed by atoms with E-state index in [1.807, 2.05) is 35.2 Å². The number of hydrogen-bond acceptors (Lipinski definition) is 3. The molecule has 0 radical (unpaired) electrons. The summed E-state index contributed by atoms with van der Waals surface area (Å²) in [6, 6.07) is 9.18. The highest BCUT2D eigenvalue weighted by molar-refractivity contribution is 5.89. The Morgan fingerprint density at radius 2 is 1.71 bits per heavy atom. The van der Waals surface area contributed by atoms with Gasteiger partial charge < -0.3 is 25.8 Å². The lowest BCUT2D eigenvalue weighted by Gasteiger charge is -2.35. The molecule has 2 aliphatic heterocycles. The summed E-state index contributed by atoms with van der Waals surface area (Å²) in [5.74, 6) is 0. The number of amides is 4. The van der Waals surface area contributed by atoms with Crippen molar-refractivity contribution in [2.75, 3.05) is 44.6 Å². The summed E-state index contributed by atoms with van der Waals surface area (Å²) in [5.41, 5.74) is 0.760. The highest BCUT2D eigenvalue weighted by Crippen LogP contribution is 2.17. The highest BCUT2D eigenvalue weighted by atomic mass is 16.2. The lowest BCUT2D eigenvalue weighted by atomic mass is 10.0. The van der Waals surface area contributed by atoms with Crippen LogP contribution in [0.1, 0.15) is 38.5 Å². The number of benzene rings is 1. The minimum absolute atomic E-state index is 0.00334. The van der Waals surface area contributed by atoms with Crippen LogP contribution in [0, 0.1) is 0 Å². The number of urea groups is 2. The molecule has 0 bridgehead atoms. The topological polar surface area (TPSA) is 76.7 Å². The normalized spacial score (nSPS) is 20.0. The molecule has 28 heavy (non-hydrogen) atoms. The average Bonchev–Trinajstić information content (AvgIpc) is 3.24. The molecule has 1 unspecified atom stereocenters. The third kappa shape index (κ3) is 6.41. The molecule has 2 heterocycles. The molecule has 7 nitrogen and oxygen atoms in total. The van der Waals surface area contributed by atoms with Gasteiger partial charge >= 0.3 is 12.1 Å². The summed E-state index contributed by atoms with van der Waals surface area (Å²) in [5, 5.41) is 8.80. The Balaban J connectivity index is 1.38. The van der Waals surface area contributed by atoms with E-state index in [2.05, 4.69) is 20.9 Å². The summed E-state index contributed by atoms with van der Waals surface area (Å²) < 4.78 is 0. The number of hydrogen-bond donors (Lipinski definition) is 3. The van der Waals surface area contributed by atoms with E-state index in [0.717, 1.165) is 44.5 Å². The van der Waals surface area contributed by atoms with Crippen molar-refractivity contribution in [3.63, 3.8) is 0 Å². The van der Waals surface area contributed by atoms with Crippen molar-refractivity contribution in [1.82, 2.24) is 20.4 Å². The second-order valence-electron chi connectivity index (χ2n) is 7.68. The van der Waals surface area contributed by atoms with Crippen molar-refractivity contribution >= 4 is 17.7 Å². The van der Waals surface area contributed by atoms with Gasteiger partial charge in [-0.15, -0.1) is 0 Å². The molecule has 0 spiro atoms. The number of carbonyl (C=O) groups excluding carboxylic acids is 2. The van der Waals surface area contributed by atoms with Crippen molar-refractivity contribution in [1.29, 1.82) is 0 Å². The minimum atomic E-state index is -0.234. The molecule has 2 saturated heterocycles. The Hall–Kier alpha value is -2.28. The van der Waals surface area contributed by atoms with Gasteiger partial charge in [0.05, 0.1) is 6.04 Å². The van der Waals surface area contributed by atoms with E-state index in [1.54, 1.807) is 0 Å². The van der Waals surface area contributed by atoms with E-state index in [0.29, 0.717) is 13.1 Å². The third-order valence-electron chi connectivity index (χ3n) is 5.54. The van der Waals surface area contributed by atoms with Crippen LogP contribution >= 0.6 is 0 Å². The lowest BCUT2D eigenvalue weighted by Crippen LogP contribution is -2.53. The molecule has 2 fully saturated rings. The first-order valence-corrected chi connectivity index (χ1v) is 10.6. The molecule has 3 N–H and O–H groups in total. The van der Waals surface area contributed by atoms with Gasteiger partial charge in [-0.2, -0.15) is 0 Å². The SMILES string of the molecule is O=C(NCC1CCCCN1C(=O)NCCCN1CCCC1)Nc1ccccc1. The van der Waals surface area contributed by atoms with E-state index < -0.39 is 0 Å². The zero-order valence-corrected chi connectivity index (χ0v) is 16.7. The van der Waals surface area contributed by atoms with Gasteiger partial charge in [0.25, 0.3) is 0 Å². The maximum atomic E-state index is 12.6. The maximum Gasteiger partial charge on any atom is 0.319 e. The van der Waals surface area contributed by atoms with Crippen LogP contribution in [0.4, 0.5) is 15.3 Å². The van der Waals surface area contributed by atoms with Crippen LogP contribution in [0.5, 0.6) is 0 Å². The van der Waals surface area contributed by atoms with Crippen molar-refractivity contribution in [2.45, 2.75) is 44.6 Å². The molecule has 1 aromatic carbocycles. The lowest BCUT2D eigenvalue weighted by molar-refractivity contribution is 0.149. The molecule has 0 aliphatic carbocycles. The summed E-state index contributed by atoms with van der Waals surface area (Å²) in [6.45, 7) is 5.38. The number of likely N-dealkylation sites (tertiary alicyclic amines) is 2. The molecule has 3 rings (SSSR count). The van der Waals surface area contributed by atoms with Crippen molar-refractivity contribution < 1.29 is 9.59 Å². The monoisotopic (exact) mass is 387 g/mol. The van der Waals surface area contributed by atoms with E-state index >= 15 is 0 Å². The van der Waals surface area contributed by atoms with Gasteiger partial charge in [0.1, 0.15) is 0 Å². The fraction of sp³-hybridized carbons (Fsp3) is 0.619. The van der Waals surface area contributed by atoms with E-state index in [-0.39, 0.29) is 18.1 Å². The fourth-order valence-electron chi connectivity index (χ4n) is 3.99. The largest absolute Gasteiger partial charge is 0.338 e. The average molecular weight is 388 g/mol. The number of nitrogens with zero attached hydrogens (tertiary/aromatic N) is 2. The molecule has 7 heteroatoms. The van der Waals surface area contributed by atoms with Crippen LogP contribution in [0.25, 0.3) is 0 Å². The molecular weight excluding hydrogens is 354 g/mol. The molecule has 154 valence electrons. The van der Waals surface area contributed by atoms with Gasteiger partial charge in [0.2, 0.25) is 0 Å². The molecular formula is C21H33N5O2. The molecule has 0 aromatic heterocycles.